The van der Waals surface area contributed by atoms with Gasteiger partial charge in [0.15, 0.2) is 0 Å². The predicted molar refractivity (Wildman–Crippen MR) is 124 cm³/mol. The topological polar surface area (TPSA) is 107 Å². The van der Waals surface area contributed by atoms with E-state index in [4.69, 9.17) is 0 Å². The van der Waals surface area contributed by atoms with Crippen molar-refractivity contribution in [3.8, 4) is 0 Å². The summed E-state index contributed by atoms with van der Waals surface area (Å²) in [4.78, 5) is 16.4. The summed E-state index contributed by atoms with van der Waals surface area (Å²) in [7, 11) is -0.311. The molecule has 0 fully saturated rings. The zero-order valence-corrected chi connectivity index (χ0v) is 18.7. The largest absolute Gasteiger partial charge is 0.340 e. The minimum atomic E-state index is -3.41. The van der Waals surface area contributed by atoms with Gasteiger partial charge in [-0.2, -0.15) is 17.0 Å². The van der Waals surface area contributed by atoms with E-state index in [-0.39, 0.29) is 0 Å². The minimum Gasteiger partial charge on any atom is -0.340 e. The van der Waals surface area contributed by atoms with Crippen LogP contribution in [0, 0.1) is 0 Å². The molecule has 0 saturated heterocycles. The molecule has 5 rings (SSSR count). The number of H-pyrrole nitrogens is 1. The highest BCUT2D eigenvalue weighted by molar-refractivity contribution is 7.86. The molecular formula is C20H21N7O2S2. The minimum absolute atomic E-state index is 0.344. The molecule has 1 aliphatic rings. The third-order valence-electron chi connectivity index (χ3n) is 5.33. The number of anilines is 2. The lowest BCUT2D eigenvalue weighted by atomic mass is 10.1. The first kappa shape index (κ1) is 20.1. The van der Waals surface area contributed by atoms with Crippen molar-refractivity contribution in [1.82, 2.24) is 28.5 Å². The zero-order valence-electron chi connectivity index (χ0n) is 17.0. The van der Waals surface area contributed by atoms with Gasteiger partial charge in [0.1, 0.15) is 17.8 Å². The molecule has 11 heteroatoms. The lowest BCUT2D eigenvalue weighted by Gasteiger charge is -2.27. The summed E-state index contributed by atoms with van der Waals surface area (Å²) in [5.74, 6) is 0.713. The summed E-state index contributed by atoms with van der Waals surface area (Å²) in [5, 5.41) is 4.26. The summed E-state index contributed by atoms with van der Waals surface area (Å²) in [6.45, 7) is 0.782. The number of nitrogens with one attached hydrogen (secondary N) is 2. The van der Waals surface area contributed by atoms with Crippen LogP contribution in [0.25, 0.3) is 26.8 Å². The first-order valence-corrected chi connectivity index (χ1v) is 12.0. The van der Waals surface area contributed by atoms with E-state index < -0.39 is 10.2 Å². The normalized spacial score (nSPS) is 15.6. The van der Waals surface area contributed by atoms with Crippen molar-refractivity contribution in [3.05, 3.63) is 47.9 Å². The molecule has 4 aromatic rings. The molecule has 0 saturated carbocycles. The maximum absolute atomic E-state index is 12.3. The lowest BCUT2D eigenvalue weighted by molar-refractivity contribution is 0.396. The Labute approximate surface area is 183 Å². The highest BCUT2D eigenvalue weighted by atomic mass is 32.2. The number of fused-ring (bicyclic) bond motifs is 2. The van der Waals surface area contributed by atoms with E-state index in [0.29, 0.717) is 25.3 Å². The first-order valence-electron chi connectivity index (χ1n) is 9.73. The molecule has 2 N–H and O–H groups in total. The van der Waals surface area contributed by atoms with Crippen molar-refractivity contribution < 1.29 is 8.42 Å². The SMILES string of the molecule is CN(C)S(=O)(=O)N1CC=C(c2cc3c(Nc4ccc5ncsc5c4)ncnc3[nH]2)CC1. The van der Waals surface area contributed by atoms with Crippen LogP contribution in [0.3, 0.4) is 0 Å². The van der Waals surface area contributed by atoms with Crippen molar-refractivity contribution in [2.75, 3.05) is 32.5 Å². The molecule has 0 bridgehead atoms. The van der Waals surface area contributed by atoms with Crippen LogP contribution in [0.4, 0.5) is 11.5 Å². The van der Waals surface area contributed by atoms with Crippen molar-refractivity contribution in [3.63, 3.8) is 0 Å². The van der Waals surface area contributed by atoms with Gasteiger partial charge in [0, 0.05) is 38.6 Å². The molecule has 160 valence electrons. The van der Waals surface area contributed by atoms with E-state index in [1.807, 2.05) is 29.8 Å². The predicted octanol–water partition coefficient (Wildman–Crippen LogP) is 3.21. The van der Waals surface area contributed by atoms with E-state index in [0.717, 1.165) is 38.2 Å². The smallest absolute Gasteiger partial charge is 0.281 e. The van der Waals surface area contributed by atoms with Crippen molar-refractivity contribution in [2.24, 2.45) is 0 Å². The van der Waals surface area contributed by atoms with Gasteiger partial charge in [0.2, 0.25) is 0 Å². The third kappa shape index (κ3) is 3.69. The number of rotatable bonds is 5. The number of benzene rings is 1. The molecule has 31 heavy (non-hydrogen) atoms. The van der Waals surface area contributed by atoms with Gasteiger partial charge in [-0.05, 0) is 36.3 Å². The second kappa shape index (κ2) is 7.68. The van der Waals surface area contributed by atoms with Crippen LogP contribution in [0.15, 0.2) is 42.2 Å². The molecular weight excluding hydrogens is 434 g/mol. The van der Waals surface area contributed by atoms with E-state index >= 15 is 0 Å². The molecule has 0 unspecified atom stereocenters. The summed E-state index contributed by atoms with van der Waals surface area (Å²) in [6.07, 6.45) is 4.10. The second-order valence-electron chi connectivity index (χ2n) is 7.45. The van der Waals surface area contributed by atoms with Gasteiger partial charge in [-0.1, -0.05) is 6.08 Å². The third-order valence-corrected chi connectivity index (χ3v) is 8.02. The van der Waals surface area contributed by atoms with Gasteiger partial charge >= 0.3 is 0 Å². The monoisotopic (exact) mass is 455 g/mol. The molecule has 9 nitrogen and oxygen atoms in total. The quantitative estimate of drug-likeness (QED) is 0.479. The Bertz CT molecular complexity index is 1410. The number of thiazole rings is 1. The van der Waals surface area contributed by atoms with E-state index in [2.05, 4.69) is 31.3 Å². The fourth-order valence-electron chi connectivity index (χ4n) is 3.62. The van der Waals surface area contributed by atoms with Gasteiger partial charge in [0.05, 0.1) is 21.1 Å². The van der Waals surface area contributed by atoms with Crippen LogP contribution in [0.2, 0.25) is 0 Å². The number of aromatic amines is 1. The summed E-state index contributed by atoms with van der Waals surface area (Å²) < 4.78 is 28.5. The zero-order chi connectivity index (χ0) is 21.6. The maximum Gasteiger partial charge on any atom is 0.281 e. The highest BCUT2D eigenvalue weighted by Gasteiger charge is 2.26. The van der Waals surface area contributed by atoms with Gasteiger partial charge in [-0.3, -0.25) is 0 Å². The van der Waals surface area contributed by atoms with Gasteiger partial charge in [0.25, 0.3) is 10.2 Å². The molecule has 1 aromatic carbocycles. The second-order valence-corrected chi connectivity index (χ2v) is 10.5. The highest BCUT2D eigenvalue weighted by Crippen LogP contribution is 2.30. The van der Waals surface area contributed by atoms with Crippen LogP contribution in [-0.4, -0.2) is 64.1 Å². The maximum atomic E-state index is 12.3. The molecule has 3 aromatic heterocycles. The Morgan fingerprint density at radius 1 is 1.19 bits per heavy atom. The Morgan fingerprint density at radius 3 is 2.84 bits per heavy atom. The van der Waals surface area contributed by atoms with Crippen LogP contribution >= 0.6 is 11.3 Å². The van der Waals surface area contributed by atoms with Crippen molar-refractivity contribution in [2.45, 2.75) is 6.42 Å². The van der Waals surface area contributed by atoms with Crippen LogP contribution in [0.5, 0.6) is 0 Å². The fourth-order valence-corrected chi connectivity index (χ4v) is 5.38. The fraction of sp³-hybridized carbons (Fsp3) is 0.250. The first-order chi connectivity index (χ1) is 14.9. The van der Waals surface area contributed by atoms with E-state index in [1.165, 1.54) is 14.9 Å². The van der Waals surface area contributed by atoms with Gasteiger partial charge < -0.3 is 10.3 Å². The van der Waals surface area contributed by atoms with Crippen molar-refractivity contribution in [1.29, 1.82) is 0 Å². The Morgan fingerprint density at radius 2 is 2.06 bits per heavy atom. The molecule has 4 heterocycles. The molecule has 1 aliphatic heterocycles. The van der Waals surface area contributed by atoms with E-state index in [1.54, 1.807) is 25.4 Å². The molecule has 0 aliphatic carbocycles. The van der Waals surface area contributed by atoms with Crippen LogP contribution in [0.1, 0.15) is 12.1 Å². The number of nitrogens with zero attached hydrogens (tertiary/aromatic N) is 5. The molecule has 0 atom stereocenters. The van der Waals surface area contributed by atoms with Crippen LogP contribution < -0.4 is 5.32 Å². The average molecular weight is 456 g/mol. The molecule has 0 spiro atoms. The van der Waals surface area contributed by atoms with Gasteiger partial charge in [-0.15, -0.1) is 11.3 Å². The Balaban J connectivity index is 1.43. The average Bonchev–Trinajstić information content (AvgIpc) is 3.41. The Hall–Kier alpha value is -2.86. The number of hydrogen-bond acceptors (Lipinski definition) is 7. The Kier molecular flexibility index (Phi) is 4.97. The summed E-state index contributed by atoms with van der Waals surface area (Å²) in [6, 6.07) is 8.03. The molecule has 0 radical (unpaired) electrons. The number of aromatic nitrogens is 4. The summed E-state index contributed by atoms with van der Waals surface area (Å²) >= 11 is 1.59. The lowest BCUT2D eigenvalue weighted by Crippen LogP contribution is -2.42. The van der Waals surface area contributed by atoms with Crippen molar-refractivity contribution >= 4 is 59.9 Å². The number of hydrogen-bond donors (Lipinski definition) is 2. The standard InChI is InChI=1S/C20H21N7O2S2/c1-26(2)31(28,29)27-7-5-13(6-8-27)17-10-15-19(21-11-22-20(15)25-17)24-14-3-4-16-18(9-14)30-12-23-16/h3-5,9-12H,6-8H2,1-2H3,(H2,21,22,24,25). The van der Waals surface area contributed by atoms with Crippen LogP contribution in [-0.2, 0) is 10.2 Å². The summed E-state index contributed by atoms with van der Waals surface area (Å²) in [5.41, 5.74) is 6.47. The molecule has 0 amide bonds. The van der Waals surface area contributed by atoms with E-state index in [9.17, 15) is 8.42 Å². The van der Waals surface area contributed by atoms with Gasteiger partial charge in [-0.25, -0.2) is 15.0 Å².